The minimum Gasteiger partial charge on any atom is -0.485 e. The van der Waals surface area contributed by atoms with Crippen LogP contribution in [0.5, 0.6) is 5.75 Å². The number of aromatic nitrogens is 3. The Kier molecular flexibility index (Phi) is 8.69. The van der Waals surface area contributed by atoms with E-state index in [2.05, 4.69) is 20.6 Å². The molecule has 0 aliphatic carbocycles. The van der Waals surface area contributed by atoms with Gasteiger partial charge in [-0.25, -0.2) is 14.4 Å². The minimum atomic E-state index is -1.14. The van der Waals surface area contributed by atoms with E-state index in [-0.39, 0.29) is 35.7 Å². The van der Waals surface area contributed by atoms with Crippen LogP contribution in [-0.4, -0.2) is 88.1 Å². The molecule has 13 heteroatoms. The molecule has 2 fully saturated rings. The van der Waals surface area contributed by atoms with Crippen molar-refractivity contribution < 1.29 is 23.1 Å². The summed E-state index contributed by atoms with van der Waals surface area (Å²) in [4.78, 5) is 38.9. The van der Waals surface area contributed by atoms with E-state index in [9.17, 15) is 14.0 Å². The first-order valence-corrected chi connectivity index (χ1v) is 14.9. The van der Waals surface area contributed by atoms with Crippen LogP contribution in [0, 0.1) is 29.9 Å². The smallest absolute Gasteiger partial charge is 0.254 e. The summed E-state index contributed by atoms with van der Waals surface area (Å²) in [7, 11) is 0. The number of ether oxygens (including phenoxy) is 1. The number of halogens is 2. The molecular formula is C32H34F2N8O3. The van der Waals surface area contributed by atoms with Gasteiger partial charge < -0.3 is 30.6 Å². The van der Waals surface area contributed by atoms with Crippen molar-refractivity contribution in [3.63, 3.8) is 0 Å². The van der Waals surface area contributed by atoms with E-state index in [1.54, 1.807) is 22.7 Å². The van der Waals surface area contributed by atoms with Gasteiger partial charge in [0.05, 0.1) is 11.9 Å². The van der Waals surface area contributed by atoms with Gasteiger partial charge in [0.2, 0.25) is 11.7 Å². The maximum atomic E-state index is 15.0. The van der Waals surface area contributed by atoms with Gasteiger partial charge >= 0.3 is 0 Å². The highest BCUT2D eigenvalue weighted by Gasteiger charge is 2.31. The quantitative estimate of drug-likeness (QED) is 0.255. The standard InChI is InChI=1S/C32H34F2N8O3/c1-20-18-22(2-3-23(20)32(44)40-12-6-21(7-13-40)31(43)41-14-9-36-10-15-41)39-29-30-38-19-25(42(30)16-11-37-29)24-4-5-26(45-17-8-35)28(34)27(24)33/h2-5,8,11,16,18-19,21,35-36H,6-7,9-10,12-15,17H2,1H3,(H,37,39). The van der Waals surface area contributed by atoms with E-state index in [4.69, 9.17) is 10.1 Å². The number of nitrogens with one attached hydrogen (secondary N) is 3. The predicted octanol–water partition coefficient (Wildman–Crippen LogP) is 4.04. The van der Waals surface area contributed by atoms with Crippen LogP contribution in [0.4, 0.5) is 20.3 Å². The number of likely N-dealkylation sites (tertiary alicyclic amines) is 1. The third kappa shape index (κ3) is 6.07. The average molecular weight is 617 g/mol. The van der Waals surface area contributed by atoms with Gasteiger partial charge in [0.25, 0.3) is 5.91 Å². The van der Waals surface area contributed by atoms with E-state index < -0.39 is 11.6 Å². The van der Waals surface area contributed by atoms with Crippen LogP contribution in [0.2, 0.25) is 0 Å². The zero-order valence-corrected chi connectivity index (χ0v) is 24.9. The number of carbonyl (C=O) groups excluding carboxylic acids is 2. The van der Waals surface area contributed by atoms with Crippen LogP contribution < -0.4 is 15.4 Å². The van der Waals surface area contributed by atoms with Gasteiger partial charge in [-0.2, -0.15) is 4.39 Å². The largest absolute Gasteiger partial charge is 0.485 e. The van der Waals surface area contributed by atoms with Crippen LogP contribution in [0.3, 0.4) is 0 Å². The highest BCUT2D eigenvalue weighted by molar-refractivity contribution is 5.96. The van der Waals surface area contributed by atoms with Crippen molar-refractivity contribution in [1.82, 2.24) is 29.5 Å². The zero-order chi connectivity index (χ0) is 31.5. The van der Waals surface area contributed by atoms with Gasteiger partial charge in [0.1, 0.15) is 6.61 Å². The molecule has 2 saturated heterocycles. The Labute approximate surface area is 258 Å². The number of hydrogen-bond donors (Lipinski definition) is 3. The molecule has 2 aromatic carbocycles. The van der Waals surface area contributed by atoms with Crippen molar-refractivity contribution >= 4 is 35.2 Å². The molecule has 0 radical (unpaired) electrons. The Balaban J connectivity index is 1.14. The molecule has 11 nitrogen and oxygen atoms in total. The molecular weight excluding hydrogens is 582 g/mol. The molecule has 0 saturated carbocycles. The van der Waals surface area contributed by atoms with E-state index >= 15 is 4.39 Å². The number of benzene rings is 2. The maximum Gasteiger partial charge on any atom is 0.254 e. The third-order valence-electron chi connectivity index (χ3n) is 8.35. The topological polar surface area (TPSA) is 128 Å². The number of rotatable bonds is 8. The number of hydrogen-bond acceptors (Lipinski definition) is 8. The number of nitrogens with zero attached hydrogens (tertiary/aromatic N) is 5. The highest BCUT2D eigenvalue weighted by Crippen LogP contribution is 2.32. The average Bonchev–Trinajstić information content (AvgIpc) is 3.50. The molecule has 6 rings (SSSR count). The van der Waals surface area contributed by atoms with Gasteiger partial charge in [-0.1, -0.05) is 0 Å². The van der Waals surface area contributed by atoms with E-state index in [0.29, 0.717) is 54.3 Å². The van der Waals surface area contributed by atoms with Gasteiger partial charge in [-0.05, 0) is 55.7 Å². The SMILES string of the molecule is Cc1cc(Nc2nccn3c(-c4ccc(OCC=N)c(F)c4F)cnc23)ccc1C(=O)N1CCC(C(=O)N2CCNCC2)CC1. The number of imidazole rings is 1. The minimum absolute atomic E-state index is 0.00439. The van der Waals surface area contributed by atoms with E-state index in [0.717, 1.165) is 38.0 Å². The summed E-state index contributed by atoms with van der Waals surface area (Å²) in [5.74, 6) is -2.02. The van der Waals surface area contributed by atoms with Crippen LogP contribution in [-0.2, 0) is 4.79 Å². The molecule has 2 aliphatic heterocycles. The Bertz CT molecular complexity index is 1750. The summed E-state index contributed by atoms with van der Waals surface area (Å²) in [6.07, 6.45) is 6.84. The second-order valence-electron chi connectivity index (χ2n) is 11.2. The van der Waals surface area contributed by atoms with Crippen LogP contribution in [0.15, 0.2) is 48.9 Å². The lowest BCUT2D eigenvalue weighted by Crippen LogP contribution is -2.50. The Hall–Kier alpha value is -4.91. The number of aryl methyl sites for hydroxylation is 1. The van der Waals surface area contributed by atoms with Crippen molar-refractivity contribution in [1.29, 1.82) is 5.41 Å². The summed E-state index contributed by atoms with van der Waals surface area (Å²) in [5.41, 5.74) is 2.76. The number of piperidine rings is 1. The third-order valence-corrected chi connectivity index (χ3v) is 8.35. The Morgan fingerprint density at radius 1 is 1.07 bits per heavy atom. The fourth-order valence-electron chi connectivity index (χ4n) is 5.94. The number of fused-ring (bicyclic) bond motifs is 1. The number of carbonyl (C=O) groups is 2. The molecule has 2 aliphatic rings. The fraction of sp³-hybridized carbons (Fsp3) is 0.344. The van der Waals surface area contributed by atoms with Crippen molar-refractivity contribution in [2.75, 3.05) is 51.2 Å². The Morgan fingerprint density at radius 3 is 2.58 bits per heavy atom. The Morgan fingerprint density at radius 2 is 1.84 bits per heavy atom. The zero-order valence-electron chi connectivity index (χ0n) is 24.9. The van der Waals surface area contributed by atoms with Gasteiger partial charge in [-0.3, -0.25) is 14.0 Å². The molecule has 0 atom stereocenters. The molecule has 2 aromatic heterocycles. The first-order chi connectivity index (χ1) is 21.9. The summed E-state index contributed by atoms with van der Waals surface area (Å²) in [5, 5.41) is 13.5. The van der Waals surface area contributed by atoms with Crippen molar-refractivity contribution in [3.05, 3.63) is 71.7 Å². The van der Waals surface area contributed by atoms with E-state index in [1.165, 1.54) is 24.5 Å². The van der Waals surface area contributed by atoms with Crippen LogP contribution >= 0.6 is 0 Å². The first kappa shape index (κ1) is 30.1. The molecule has 0 bridgehead atoms. The van der Waals surface area contributed by atoms with Gasteiger partial charge in [0, 0.05) is 80.6 Å². The molecule has 45 heavy (non-hydrogen) atoms. The lowest BCUT2D eigenvalue weighted by molar-refractivity contribution is -0.137. The van der Waals surface area contributed by atoms with Crippen LogP contribution in [0.25, 0.3) is 16.9 Å². The van der Waals surface area contributed by atoms with Crippen molar-refractivity contribution in [3.8, 4) is 17.0 Å². The second kappa shape index (κ2) is 13.0. The summed E-state index contributed by atoms with van der Waals surface area (Å²) < 4.78 is 36.3. The fourth-order valence-corrected chi connectivity index (χ4v) is 5.94. The summed E-state index contributed by atoms with van der Waals surface area (Å²) in [6.45, 7) is 5.89. The molecule has 4 aromatic rings. The number of amides is 2. The van der Waals surface area contributed by atoms with Crippen LogP contribution in [0.1, 0.15) is 28.8 Å². The monoisotopic (exact) mass is 616 g/mol. The predicted molar refractivity (Wildman–Crippen MR) is 165 cm³/mol. The number of piperazine rings is 1. The lowest BCUT2D eigenvalue weighted by atomic mass is 9.94. The molecule has 2 amide bonds. The lowest BCUT2D eigenvalue weighted by Gasteiger charge is -2.36. The molecule has 4 heterocycles. The molecule has 0 unspecified atom stereocenters. The first-order valence-electron chi connectivity index (χ1n) is 14.9. The van der Waals surface area contributed by atoms with Gasteiger partial charge in [-0.15, -0.1) is 0 Å². The van der Waals surface area contributed by atoms with Crippen molar-refractivity contribution in [2.45, 2.75) is 19.8 Å². The number of anilines is 2. The summed E-state index contributed by atoms with van der Waals surface area (Å²) in [6, 6.07) is 8.14. The highest BCUT2D eigenvalue weighted by atomic mass is 19.2. The summed E-state index contributed by atoms with van der Waals surface area (Å²) >= 11 is 0. The molecule has 0 spiro atoms. The van der Waals surface area contributed by atoms with Gasteiger partial charge in [0.15, 0.2) is 23.0 Å². The maximum absolute atomic E-state index is 15.0. The normalized spacial score (nSPS) is 15.7. The molecule has 234 valence electrons. The second-order valence-corrected chi connectivity index (χ2v) is 11.2. The van der Waals surface area contributed by atoms with Crippen molar-refractivity contribution in [2.24, 2.45) is 5.92 Å². The van der Waals surface area contributed by atoms with E-state index in [1.807, 2.05) is 22.8 Å². The molecule has 3 N–H and O–H groups in total.